The average Bonchev–Trinajstić information content (AvgIpc) is 2.89. The summed E-state index contributed by atoms with van der Waals surface area (Å²) in [5, 5.41) is 8.70. The first-order valence-corrected chi connectivity index (χ1v) is 17.0. The van der Waals surface area contributed by atoms with Gasteiger partial charge in [0.2, 0.25) is 5.96 Å². The molecular formula is C34H55BrN4O7. The Morgan fingerprint density at radius 3 is 1.63 bits per heavy atom. The Bertz CT molecular complexity index is 1170. The average molecular weight is 712 g/mol. The molecule has 1 rings (SSSR count). The number of aliphatic imine (C=N–C) groups is 1. The van der Waals surface area contributed by atoms with Gasteiger partial charge in [0, 0.05) is 24.1 Å². The monoisotopic (exact) mass is 710 g/mol. The highest BCUT2D eigenvalue weighted by Gasteiger charge is 2.35. The predicted molar refractivity (Wildman–Crippen MR) is 185 cm³/mol. The Balaban J connectivity index is 3.49. The Labute approximate surface area is 284 Å². The minimum atomic E-state index is -0.959. The second-order valence-electron chi connectivity index (χ2n) is 14.0. The van der Waals surface area contributed by atoms with Gasteiger partial charge in [0.25, 0.3) is 0 Å². The first-order chi connectivity index (χ1) is 21.2. The van der Waals surface area contributed by atoms with Crippen molar-refractivity contribution in [3.63, 3.8) is 0 Å². The van der Waals surface area contributed by atoms with Gasteiger partial charge in [-0.15, -0.1) is 4.99 Å². The smallest absolute Gasteiger partial charge is 0.437 e. The van der Waals surface area contributed by atoms with Crippen molar-refractivity contribution in [3.05, 3.63) is 29.8 Å². The predicted octanol–water partition coefficient (Wildman–Crippen LogP) is 8.95. The van der Waals surface area contributed by atoms with Crippen molar-refractivity contribution in [2.45, 2.75) is 125 Å². The van der Waals surface area contributed by atoms with Crippen molar-refractivity contribution in [1.29, 1.82) is 5.41 Å². The van der Waals surface area contributed by atoms with E-state index in [2.05, 4.69) is 20.9 Å². The molecular weight excluding hydrogens is 656 g/mol. The highest BCUT2D eigenvalue weighted by molar-refractivity contribution is 9.09. The zero-order chi connectivity index (χ0) is 35.1. The maximum Gasteiger partial charge on any atom is 0.437 e. The number of hydrogen-bond acceptors (Lipinski definition) is 8. The number of alkyl halides is 1. The molecule has 11 nitrogen and oxygen atoms in total. The number of amides is 3. The maximum atomic E-state index is 13.7. The molecule has 1 aromatic carbocycles. The lowest BCUT2D eigenvalue weighted by Gasteiger charge is -2.34. The largest absolute Gasteiger partial charge is 0.494 e. The van der Waals surface area contributed by atoms with Gasteiger partial charge < -0.3 is 24.4 Å². The van der Waals surface area contributed by atoms with Gasteiger partial charge in [-0.1, -0.05) is 35.2 Å². The SMILES string of the molecule is CC(=N)c1ccc(OCCCN(C(=O)OC(C)(C)C)C(=NC(=O)OC(C)(C)C)N(CCCCCCCBr)C(=O)OC(C)(C)C)cc1. The van der Waals surface area contributed by atoms with Gasteiger partial charge in [0.15, 0.2) is 0 Å². The third-order valence-corrected chi connectivity index (χ3v) is 6.45. The second-order valence-corrected chi connectivity index (χ2v) is 14.8. The molecule has 12 heteroatoms. The lowest BCUT2D eigenvalue weighted by molar-refractivity contribution is 0.0270. The van der Waals surface area contributed by atoms with E-state index in [9.17, 15) is 14.4 Å². The number of benzene rings is 1. The molecule has 46 heavy (non-hydrogen) atoms. The molecule has 0 bridgehead atoms. The van der Waals surface area contributed by atoms with E-state index in [1.54, 1.807) is 93.5 Å². The molecule has 0 aliphatic rings. The third kappa shape index (κ3) is 17.5. The van der Waals surface area contributed by atoms with E-state index in [0.29, 0.717) is 24.3 Å². The summed E-state index contributed by atoms with van der Waals surface area (Å²) in [5.74, 6) is 0.371. The summed E-state index contributed by atoms with van der Waals surface area (Å²) in [5.41, 5.74) is -1.35. The molecule has 0 unspecified atom stereocenters. The van der Waals surface area contributed by atoms with E-state index in [4.69, 9.17) is 24.4 Å². The first-order valence-electron chi connectivity index (χ1n) is 15.9. The number of halogens is 1. The highest BCUT2D eigenvalue weighted by Crippen LogP contribution is 2.19. The van der Waals surface area contributed by atoms with Crippen LogP contribution in [0.15, 0.2) is 29.3 Å². The molecule has 1 aromatic rings. The quantitative estimate of drug-likeness (QED) is 0.0711. The van der Waals surface area contributed by atoms with Gasteiger partial charge in [-0.25, -0.2) is 24.2 Å². The van der Waals surface area contributed by atoms with E-state index < -0.39 is 35.1 Å². The summed E-state index contributed by atoms with van der Waals surface area (Å²) in [6.07, 6.45) is 2.26. The molecule has 0 aliphatic carbocycles. The van der Waals surface area contributed by atoms with Gasteiger partial charge in [0.1, 0.15) is 22.6 Å². The fourth-order valence-electron chi connectivity index (χ4n) is 3.92. The van der Waals surface area contributed by atoms with Crippen LogP contribution in [0, 0.1) is 5.41 Å². The number of ether oxygens (including phenoxy) is 4. The molecule has 0 heterocycles. The summed E-state index contributed by atoms with van der Waals surface area (Å²) in [4.78, 5) is 47.1. The molecule has 0 saturated carbocycles. The minimum absolute atomic E-state index is 0.0127. The Hall–Kier alpha value is -3.15. The molecule has 0 saturated heterocycles. The highest BCUT2D eigenvalue weighted by atomic mass is 79.9. The molecule has 0 radical (unpaired) electrons. The number of nitrogens with zero attached hydrogens (tertiary/aromatic N) is 3. The molecule has 0 fully saturated rings. The summed E-state index contributed by atoms with van der Waals surface area (Å²) < 4.78 is 22.8. The fourth-order valence-corrected chi connectivity index (χ4v) is 4.32. The summed E-state index contributed by atoms with van der Waals surface area (Å²) in [6, 6.07) is 7.15. The van der Waals surface area contributed by atoms with E-state index >= 15 is 0 Å². The molecule has 0 aromatic heterocycles. The van der Waals surface area contributed by atoms with Crippen LogP contribution in [0.4, 0.5) is 14.4 Å². The van der Waals surface area contributed by atoms with Crippen LogP contribution >= 0.6 is 15.9 Å². The van der Waals surface area contributed by atoms with Crippen molar-refractivity contribution in [2.24, 2.45) is 4.99 Å². The van der Waals surface area contributed by atoms with Crippen molar-refractivity contribution in [1.82, 2.24) is 9.80 Å². The van der Waals surface area contributed by atoms with Gasteiger partial charge in [-0.2, -0.15) is 0 Å². The summed E-state index contributed by atoms with van der Waals surface area (Å²) >= 11 is 3.45. The third-order valence-electron chi connectivity index (χ3n) is 5.89. The van der Waals surface area contributed by atoms with Gasteiger partial charge in [-0.3, -0.25) is 0 Å². The van der Waals surface area contributed by atoms with Crippen LogP contribution in [0.1, 0.15) is 113 Å². The van der Waals surface area contributed by atoms with Crippen LogP contribution in [0.3, 0.4) is 0 Å². The number of carbonyl (C=O) groups is 3. The van der Waals surface area contributed by atoms with Crippen LogP contribution in [-0.2, 0) is 14.2 Å². The van der Waals surface area contributed by atoms with Crippen molar-refractivity contribution >= 4 is 45.9 Å². The van der Waals surface area contributed by atoms with Gasteiger partial charge in [-0.05, 0) is 118 Å². The Morgan fingerprint density at radius 2 is 1.17 bits per heavy atom. The van der Waals surface area contributed by atoms with Crippen molar-refractivity contribution in [2.75, 3.05) is 25.0 Å². The van der Waals surface area contributed by atoms with E-state index in [1.807, 2.05) is 0 Å². The molecule has 0 atom stereocenters. The van der Waals surface area contributed by atoms with Crippen LogP contribution in [0.2, 0.25) is 0 Å². The Morgan fingerprint density at radius 1 is 0.717 bits per heavy atom. The van der Waals surface area contributed by atoms with Gasteiger partial charge in [0.05, 0.1) is 6.61 Å². The van der Waals surface area contributed by atoms with Crippen LogP contribution in [-0.4, -0.2) is 81.6 Å². The van der Waals surface area contributed by atoms with E-state index in [1.165, 1.54) is 9.80 Å². The Kier molecular flexibility index (Phi) is 16.8. The van der Waals surface area contributed by atoms with Crippen LogP contribution in [0.25, 0.3) is 0 Å². The van der Waals surface area contributed by atoms with Crippen LogP contribution in [0.5, 0.6) is 5.75 Å². The zero-order valence-electron chi connectivity index (χ0n) is 29.5. The topological polar surface area (TPSA) is 131 Å². The standard InChI is InChI=1S/C34H55BrN4O7/c1-25(36)26-17-19-27(20-18-26)43-24-16-23-39(31(42)46-34(8,9)10)28(37-29(40)44-32(2,3)4)38(30(41)45-33(5,6)7)22-15-13-11-12-14-21-35/h17-20,36H,11-16,21-24H2,1-10H3. The number of carbonyl (C=O) groups excluding carboxylic acids is 3. The first kappa shape index (κ1) is 40.9. The normalized spacial score (nSPS) is 12.3. The fraction of sp³-hybridized carbons (Fsp3) is 0.676. The number of unbranched alkanes of at least 4 members (excludes halogenated alkanes) is 4. The van der Waals surface area contributed by atoms with Crippen molar-refractivity contribution < 1.29 is 33.3 Å². The second kappa shape index (κ2) is 18.9. The summed E-state index contributed by atoms with van der Waals surface area (Å²) in [7, 11) is 0. The summed E-state index contributed by atoms with van der Waals surface area (Å²) in [6.45, 7) is 17.6. The lowest BCUT2D eigenvalue weighted by Crippen LogP contribution is -2.53. The van der Waals surface area contributed by atoms with E-state index in [0.717, 1.165) is 36.6 Å². The molecule has 0 aliphatic heterocycles. The van der Waals surface area contributed by atoms with Crippen molar-refractivity contribution in [3.8, 4) is 5.75 Å². The molecule has 1 N–H and O–H groups in total. The lowest BCUT2D eigenvalue weighted by atomic mass is 10.1. The molecule has 0 spiro atoms. The molecule has 260 valence electrons. The molecule has 3 amide bonds. The number of guanidine groups is 1. The maximum absolute atomic E-state index is 13.7. The number of rotatable bonds is 13. The van der Waals surface area contributed by atoms with Crippen LogP contribution < -0.4 is 4.74 Å². The van der Waals surface area contributed by atoms with E-state index in [-0.39, 0.29) is 25.7 Å². The zero-order valence-corrected chi connectivity index (χ0v) is 31.0. The number of nitrogens with one attached hydrogen (secondary N) is 1. The number of hydrogen-bond donors (Lipinski definition) is 1. The van der Waals surface area contributed by atoms with Gasteiger partial charge >= 0.3 is 18.3 Å². The minimum Gasteiger partial charge on any atom is -0.494 e.